The van der Waals surface area contributed by atoms with E-state index in [1.54, 1.807) is 0 Å². The second kappa shape index (κ2) is 7.42. The molecule has 0 N–H and O–H groups in total. The SMILES string of the molecule is C=C(OCC)c1ccc(C#Cc2ccc3c(c2)C(C)(C)CCS3)cc1. The Kier molecular flexibility index (Phi) is 5.25. The van der Waals surface area contributed by atoms with Gasteiger partial charge in [0, 0.05) is 21.6 Å². The van der Waals surface area contributed by atoms with Gasteiger partial charge in [-0.2, -0.15) is 0 Å². The van der Waals surface area contributed by atoms with Crippen molar-refractivity contribution in [2.75, 3.05) is 12.4 Å². The number of hydrogen-bond donors (Lipinski definition) is 0. The molecule has 2 heteroatoms. The molecule has 0 amide bonds. The van der Waals surface area contributed by atoms with Crippen molar-refractivity contribution in [3.63, 3.8) is 0 Å². The normalized spacial score (nSPS) is 14.8. The van der Waals surface area contributed by atoms with Crippen LogP contribution >= 0.6 is 11.8 Å². The van der Waals surface area contributed by atoms with Gasteiger partial charge in [0.1, 0.15) is 5.76 Å². The molecule has 0 saturated carbocycles. The third-order valence-corrected chi connectivity index (χ3v) is 5.65. The summed E-state index contributed by atoms with van der Waals surface area (Å²) >= 11 is 1.95. The summed E-state index contributed by atoms with van der Waals surface area (Å²) in [6.45, 7) is 11.2. The van der Waals surface area contributed by atoms with Gasteiger partial charge in [-0.25, -0.2) is 0 Å². The molecular formula is C23H24OS. The molecular weight excluding hydrogens is 324 g/mol. The molecule has 0 bridgehead atoms. The first kappa shape index (κ1) is 17.7. The Bertz CT molecular complexity index is 835. The van der Waals surface area contributed by atoms with E-state index in [0.29, 0.717) is 12.4 Å². The van der Waals surface area contributed by atoms with Crippen LogP contribution in [0.15, 0.2) is 53.9 Å². The largest absolute Gasteiger partial charge is 0.494 e. The summed E-state index contributed by atoms with van der Waals surface area (Å²) in [7, 11) is 0. The minimum Gasteiger partial charge on any atom is -0.494 e. The Morgan fingerprint density at radius 1 is 1.12 bits per heavy atom. The van der Waals surface area contributed by atoms with Crippen LogP contribution in [0.4, 0.5) is 0 Å². The lowest BCUT2D eigenvalue weighted by atomic mass is 9.81. The fraction of sp³-hybridized carbons (Fsp3) is 0.304. The van der Waals surface area contributed by atoms with Crippen molar-refractivity contribution < 1.29 is 4.74 Å². The van der Waals surface area contributed by atoms with Gasteiger partial charge in [-0.1, -0.05) is 44.4 Å². The van der Waals surface area contributed by atoms with Crippen LogP contribution in [0.5, 0.6) is 0 Å². The Labute approximate surface area is 155 Å². The molecule has 0 fully saturated rings. The first-order chi connectivity index (χ1) is 12.0. The number of thioether (sulfide) groups is 1. The van der Waals surface area contributed by atoms with Gasteiger partial charge in [0.05, 0.1) is 6.61 Å². The van der Waals surface area contributed by atoms with Crippen LogP contribution in [0.2, 0.25) is 0 Å². The molecule has 1 heterocycles. The predicted molar refractivity (Wildman–Crippen MR) is 108 cm³/mol. The minimum atomic E-state index is 0.236. The molecule has 0 aliphatic carbocycles. The third-order valence-electron chi connectivity index (χ3n) is 4.57. The summed E-state index contributed by atoms with van der Waals surface area (Å²) in [4.78, 5) is 1.40. The van der Waals surface area contributed by atoms with Crippen LogP contribution in [-0.2, 0) is 10.2 Å². The summed E-state index contributed by atoms with van der Waals surface area (Å²) in [6, 6.07) is 14.7. The van der Waals surface area contributed by atoms with E-state index in [2.05, 4.69) is 50.5 Å². The Morgan fingerprint density at radius 3 is 2.52 bits per heavy atom. The second-order valence-corrected chi connectivity index (χ2v) is 8.01. The van der Waals surface area contributed by atoms with E-state index in [4.69, 9.17) is 4.74 Å². The maximum absolute atomic E-state index is 5.44. The highest BCUT2D eigenvalue weighted by Crippen LogP contribution is 2.41. The summed E-state index contributed by atoms with van der Waals surface area (Å²) < 4.78 is 5.44. The van der Waals surface area contributed by atoms with Crippen molar-refractivity contribution in [3.8, 4) is 11.8 Å². The van der Waals surface area contributed by atoms with E-state index < -0.39 is 0 Å². The number of benzene rings is 2. The molecule has 0 unspecified atom stereocenters. The van der Waals surface area contributed by atoms with Crippen molar-refractivity contribution >= 4 is 17.5 Å². The highest BCUT2D eigenvalue weighted by Gasteiger charge is 2.27. The van der Waals surface area contributed by atoms with Crippen LogP contribution in [-0.4, -0.2) is 12.4 Å². The molecule has 1 nitrogen and oxygen atoms in total. The monoisotopic (exact) mass is 348 g/mol. The van der Waals surface area contributed by atoms with Crippen LogP contribution < -0.4 is 0 Å². The quantitative estimate of drug-likeness (QED) is 0.507. The van der Waals surface area contributed by atoms with Crippen LogP contribution in [0.1, 0.15) is 49.4 Å². The van der Waals surface area contributed by atoms with Crippen LogP contribution in [0.3, 0.4) is 0 Å². The highest BCUT2D eigenvalue weighted by molar-refractivity contribution is 7.99. The summed E-state index contributed by atoms with van der Waals surface area (Å²) in [6.07, 6.45) is 1.22. The lowest BCUT2D eigenvalue weighted by Gasteiger charge is -2.32. The smallest absolute Gasteiger partial charge is 0.119 e. The maximum atomic E-state index is 5.44. The van der Waals surface area contributed by atoms with Gasteiger partial charge in [0.15, 0.2) is 0 Å². The number of fused-ring (bicyclic) bond motifs is 1. The molecule has 0 radical (unpaired) electrons. The fourth-order valence-corrected chi connectivity index (χ4v) is 4.44. The zero-order chi connectivity index (χ0) is 17.9. The second-order valence-electron chi connectivity index (χ2n) is 6.88. The summed E-state index contributed by atoms with van der Waals surface area (Å²) in [5.74, 6) is 8.48. The fourth-order valence-electron chi connectivity index (χ4n) is 2.95. The van der Waals surface area contributed by atoms with E-state index in [-0.39, 0.29) is 5.41 Å². The zero-order valence-corrected chi connectivity index (χ0v) is 16.0. The molecule has 0 aromatic heterocycles. The van der Waals surface area contributed by atoms with Gasteiger partial charge in [-0.3, -0.25) is 0 Å². The molecule has 3 rings (SSSR count). The molecule has 0 spiro atoms. The van der Waals surface area contributed by atoms with Crippen molar-refractivity contribution in [3.05, 3.63) is 71.3 Å². The van der Waals surface area contributed by atoms with Gasteiger partial charge in [-0.05, 0) is 60.4 Å². The van der Waals surface area contributed by atoms with E-state index in [0.717, 1.165) is 16.7 Å². The van der Waals surface area contributed by atoms with Gasteiger partial charge in [-0.15, -0.1) is 11.8 Å². The van der Waals surface area contributed by atoms with Gasteiger partial charge in [0.2, 0.25) is 0 Å². The lowest BCUT2D eigenvalue weighted by molar-refractivity contribution is 0.299. The summed E-state index contributed by atoms with van der Waals surface area (Å²) in [5, 5.41) is 0. The first-order valence-corrected chi connectivity index (χ1v) is 9.69. The average Bonchev–Trinajstić information content (AvgIpc) is 2.61. The van der Waals surface area contributed by atoms with Crippen molar-refractivity contribution in [2.45, 2.75) is 37.5 Å². The van der Waals surface area contributed by atoms with Gasteiger partial charge < -0.3 is 4.74 Å². The third kappa shape index (κ3) is 4.11. The number of hydrogen-bond acceptors (Lipinski definition) is 2. The van der Waals surface area contributed by atoms with E-state index in [9.17, 15) is 0 Å². The topological polar surface area (TPSA) is 9.23 Å². The van der Waals surface area contributed by atoms with E-state index >= 15 is 0 Å². The Morgan fingerprint density at radius 2 is 1.80 bits per heavy atom. The highest BCUT2D eigenvalue weighted by atomic mass is 32.2. The molecule has 1 aliphatic rings. The molecule has 0 saturated heterocycles. The first-order valence-electron chi connectivity index (χ1n) is 8.71. The van der Waals surface area contributed by atoms with Crippen LogP contribution in [0, 0.1) is 11.8 Å². The molecule has 25 heavy (non-hydrogen) atoms. The van der Waals surface area contributed by atoms with Crippen molar-refractivity contribution in [1.29, 1.82) is 0 Å². The lowest BCUT2D eigenvalue weighted by Crippen LogP contribution is -2.22. The number of ether oxygens (including phenoxy) is 1. The van der Waals surface area contributed by atoms with E-state index in [1.165, 1.54) is 22.6 Å². The number of rotatable bonds is 3. The predicted octanol–water partition coefficient (Wildman–Crippen LogP) is 5.87. The minimum absolute atomic E-state index is 0.236. The van der Waals surface area contributed by atoms with Crippen LogP contribution in [0.25, 0.3) is 5.76 Å². The molecule has 2 aromatic rings. The Balaban J connectivity index is 1.81. The van der Waals surface area contributed by atoms with Crippen molar-refractivity contribution in [2.24, 2.45) is 0 Å². The van der Waals surface area contributed by atoms with Crippen molar-refractivity contribution in [1.82, 2.24) is 0 Å². The Hall–Kier alpha value is -2.11. The molecule has 128 valence electrons. The molecule has 1 aliphatic heterocycles. The zero-order valence-electron chi connectivity index (χ0n) is 15.2. The van der Waals surface area contributed by atoms with E-state index in [1.807, 2.05) is 43.0 Å². The summed E-state index contributed by atoms with van der Waals surface area (Å²) in [5.41, 5.74) is 4.75. The average molecular weight is 349 g/mol. The molecule has 0 atom stereocenters. The van der Waals surface area contributed by atoms with Gasteiger partial charge in [0.25, 0.3) is 0 Å². The standard InChI is InChI=1S/C23H24OS/c1-5-24-17(2)20-11-8-18(9-12-20)6-7-19-10-13-22-21(16-19)23(3,4)14-15-25-22/h8-13,16H,2,5,14-15H2,1,3-4H3. The van der Waals surface area contributed by atoms with Gasteiger partial charge >= 0.3 is 0 Å². The maximum Gasteiger partial charge on any atom is 0.119 e. The molecule has 2 aromatic carbocycles.